The summed E-state index contributed by atoms with van der Waals surface area (Å²) in [5.74, 6) is -2.26. The van der Waals surface area contributed by atoms with E-state index in [4.69, 9.17) is 4.74 Å². The minimum atomic E-state index is -1.03. The molecule has 0 aliphatic carbocycles. The molecule has 1 saturated heterocycles. The molecule has 1 amide bonds. The smallest absolute Gasteiger partial charge is 0.358 e. The lowest BCUT2D eigenvalue weighted by Crippen LogP contribution is -2.48. The van der Waals surface area contributed by atoms with Gasteiger partial charge in [0.25, 0.3) is 5.91 Å². The number of piperazine rings is 1. The first-order valence-corrected chi connectivity index (χ1v) is 12.2. The van der Waals surface area contributed by atoms with Crippen LogP contribution in [0.25, 0.3) is 17.1 Å². The third kappa shape index (κ3) is 5.10. The number of ether oxygens (including phenoxy) is 1. The molecule has 1 aliphatic heterocycles. The molecule has 1 aliphatic rings. The van der Waals surface area contributed by atoms with Crippen LogP contribution in [0.15, 0.2) is 72.9 Å². The third-order valence-electron chi connectivity index (χ3n) is 6.32. The van der Waals surface area contributed by atoms with Crippen LogP contribution >= 0.6 is 0 Å². The Hall–Kier alpha value is -4.60. The molecule has 0 unspecified atom stereocenters. The zero-order valence-corrected chi connectivity index (χ0v) is 20.7. The van der Waals surface area contributed by atoms with Gasteiger partial charge in [0.05, 0.1) is 12.3 Å². The van der Waals surface area contributed by atoms with Gasteiger partial charge < -0.3 is 14.5 Å². The van der Waals surface area contributed by atoms with E-state index < -0.39 is 17.6 Å². The lowest BCUT2D eigenvalue weighted by Gasteiger charge is -2.36. The van der Waals surface area contributed by atoms with Crippen molar-refractivity contribution in [1.29, 1.82) is 0 Å². The highest BCUT2D eigenvalue weighted by atomic mass is 19.2. The second kappa shape index (κ2) is 10.8. The molecule has 4 aromatic rings. The van der Waals surface area contributed by atoms with Gasteiger partial charge in [0.1, 0.15) is 0 Å². The van der Waals surface area contributed by atoms with Gasteiger partial charge in [0.2, 0.25) is 0 Å². The monoisotopic (exact) mass is 517 g/mol. The lowest BCUT2D eigenvalue weighted by atomic mass is 10.1. The first kappa shape index (κ1) is 25.1. The molecule has 8 nitrogen and oxygen atoms in total. The van der Waals surface area contributed by atoms with Gasteiger partial charge in [-0.15, -0.1) is 0 Å². The largest absolute Gasteiger partial charge is 0.461 e. The second-order valence-corrected chi connectivity index (χ2v) is 8.69. The lowest BCUT2D eigenvalue weighted by molar-refractivity contribution is 0.0518. The van der Waals surface area contributed by atoms with Gasteiger partial charge in [-0.25, -0.2) is 23.2 Å². The van der Waals surface area contributed by atoms with Crippen molar-refractivity contribution in [3.8, 4) is 17.1 Å². The predicted octanol–water partition coefficient (Wildman–Crippen LogP) is 4.35. The summed E-state index contributed by atoms with van der Waals surface area (Å²) in [5.41, 5.74) is 2.84. The number of halogens is 2. The minimum Gasteiger partial charge on any atom is -0.461 e. The summed E-state index contributed by atoms with van der Waals surface area (Å²) in [6, 6.07) is 18.2. The van der Waals surface area contributed by atoms with Crippen LogP contribution in [0.4, 0.5) is 14.5 Å². The fourth-order valence-corrected chi connectivity index (χ4v) is 4.37. The van der Waals surface area contributed by atoms with E-state index in [0.29, 0.717) is 37.7 Å². The summed E-state index contributed by atoms with van der Waals surface area (Å²) in [6.45, 7) is 4.08. The summed E-state index contributed by atoms with van der Waals surface area (Å²) in [7, 11) is 0. The number of hydrogen-bond acceptors (Lipinski definition) is 6. The van der Waals surface area contributed by atoms with E-state index >= 15 is 0 Å². The van der Waals surface area contributed by atoms with Gasteiger partial charge in [-0.2, -0.15) is 5.10 Å². The molecule has 0 atom stereocenters. The summed E-state index contributed by atoms with van der Waals surface area (Å²) in [4.78, 5) is 33.2. The molecule has 5 rings (SSSR count). The maximum Gasteiger partial charge on any atom is 0.358 e. The molecular formula is C28H25F2N5O3. The molecule has 0 saturated carbocycles. The maximum atomic E-state index is 13.6. The molecule has 38 heavy (non-hydrogen) atoms. The number of hydrogen-bond donors (Lipinski definition) is 0. The van der Waals surface area contributed by atoms with Gasteiger partial charge in [-0.05, 0) is 55.5 Å². The molecule has 0 bridgehead atoms. The Morgan fingerprint density at radius 1 is 0.921 bits per heavy atom. The van der Waals surface area contributed by atoms with Crippen LogP contribution < -0.4 is 4.90 Å². The minimum absolute atomic E-state index is 0.133. The molecule has 0 N–H and O–H groups in total. The zero-order valence-electron chi connectivity index (χ0n) is 20.7. The van der Waals surface area contributed by atoms with Crippen LogP contribution in [0.3, 0.4) is 0 Å². The van der Waals surface area contributed by atoms with E-state index in [-0.39, 0.29) is 23.8 Å². The van der Waals surface area contributed by atoms with Crippen molar-refractivity contribution in [2.45, 2.75) is 6.92 Å². The number of benzene rings is 2. The van der Waals surface area contributed by atoms with Crippen LogP contribution in [0.1, 0.15) is 27.8 Å². The predicted molar refractivity (Wildman–Crippen MR) is 137 cm³/mol. The van der Waals surface area contributed by atoms with E-state index in [9.17, 15) is 18.4 Å². The number of carbonyl (C=O) groups is 2. The fraction of sp³-hybridized carbons (Fsp3) is 0.214. The zero-order chi connectivity index (χ0) is 26.6. The molecule has 3 heterocycles. The van der Waals surface area contributed by atoms with E-state index in [1.165, 1.54) is 6.07 Å². The number of carbonyl (C=O) groups excluding carboxylic acids is 2. The van der Waals surface area contributed by atoms with E-state index in [2.05, 4.69) is 15.0 Å². The Labute approximate surface area is 218 Å². The van der Waals surface area contributed by atoms with Gasteiger partial charge in [-0.1, -0.05) is 18.2 Å². The Balaban J connectivity index is 1.31. The summed E-state index contributed by atoms with van der Waals surface area (Å²) in [5, 5.41) is 4.44. The van der Waals surface area contributed by atoms with Crippen molar-refractivity contribution in [3.05, 3.63) is 95.8 Å². The number of aromatic nitrogens is 3. The number of esters is 1. The summed E-state index contributed by atoms with van der Waals surface area (Å²) in [6.07, 6.45) is 1.66. The number of amides is 1. The van der Waals surface area contributed by atoms with Crippen LogP contribution in [0.2, 0.25) is 0 Å². The molecule has 0 radical (unpaired) electrons. The van der Waals surface area contributed by atoms with E-state index in [1.54, 1.807) is 40.9 Å². The number of rotatable bonds is 6. The highest BCUT2D eigenvalue weighted by Crippen LogP contribution is 2.27. The molecule has 1 fully saturated rings. The fourth-order valence-electron chi connectivity index (χ4n) is 4.37. The van der Waals surface area contributed by atoms with Crippen LogP contribution in [-0.2, 0) is 4.74 Å². The standard InChI is InChI=1S/C28H25F2N5O3/c1-2-38-28(37)24-18-25(35(32-24)26-5-3-4-12-31-26)19-6-9-21(10-7-19)33-13-15-34(16-14-33)27(36)20-8-11-22(29)23(30)17-20/h3-12,17-18H,2,13-16H2,1H3. The van der Waals surface area contributed by atoms with Crippen molar-refractivity contribution in [2.75, 3.05) is 37.7 Å². The molecule has 2 aromatic carbocycles. The SMILES string of the molecule is CCOC(=O)c1cc(-c2ccc(N3CCN(C(=O)c4ccc(F)c(F)c4)CC3)cc2)n(-c2ccccn2)n1. The maximum absolute atomic E-state index is 13.6. The third-order valence-corrected chi connectivity index (χ3v) is 6.32. The first-order valence-electron chi connectivity index (χ1n) is 12.2. The second-order valence-electron chi connectivity index (χ2n) is 8.69. The number of pyridine rings is 1. The van der Waals surface area contributed by atoms with Crippen LogP contribution in [-0.4, -0.2) is 64.3 Å². The first-order chi connectivity index (χ1) is 18.4. The van der Waals surface area contributed by atoms with Crippen LogP contribution in [0.5, 0.6) is 0 Å². The van der Waals surface area contributed by atoms with Crippen molar-refractivity contribution < 1.29 is 23.1 Å². The Morgan fingerprint density at radius 3 is 2.34 bits per heavy atom. The van der Waals surface area contributed by atoms with Crippen molar-refractivity contribution in [2.24, 2.45) is 0 Å². The summed E-state index contributed by atoms with van der Waals surface area (Å²) >= 11 is 0. The number of anilines is 1. The highest BCUT2D eigenvalue weighted by molar-refractivity contribution is 5.94. The van der Waals surface area contributed by atoms with Gasteiger partial charge in [0, 0.05) is 49.2 Å². The van der Waals surface area contributed by atoms with E-state index in [0.717, 1.165) is 23.4 Å². The van der Waals surface area contributed by atoms with E-state index in [1.807, 2.05) is 30.3 Å². The topological polar surface area (TPSA) is 80.6 Å². The van der Waals surface area contributed by atoms with Crippen molar-refractivity contribution in [3.63, 3.8) is 0 Å². The normalized spacial score (nSPS) is 13.4. The van der Waals surface area contributed by atoms with Gasteiger partial charge in [-0.3, -0.25) is 4.79 Å². The van der Waals surface area contributed by atoms with Crippen LogP contribution in [0, 0.1) is 11.6 Å². The highest BCUT2D eigenvalue weighted by Gasteiger charge is 2.24. The van der Waals surface area contributed by atoms with Crippen molar-refractivity contribution >= 4 is 17.6 Å². The average molecular weight is 518 g/mol. The molecule has 0 spiro atoms. The molecular weight excluding hydrogens is 492 g/mol. The Morgan fingerprint density at radius 2 is 1.68 bits per heavy atom. The average Bonchev–Trinajstić information content (AvgIpc) is 3.41. The van der Waals surface area contributed by atoms with Gasteiger partial charge >= 0.3 is 5.97 Å². The van der Waals surface area contributed by atoms with Crippen molar-refractivity contribution in [1.82, 2.24) is 19.7 Å². The quantitative estimate of drug-likeness (QED) is 0.354. The summed E-state index contributed by atoms with van der Waals surface area (Å²) < 4.78 is 33.5. The molecule has 2 aromatic heterocycles. The Kier molecular flexibility index (Phi) is 7.12. The van der Waals surface area contributed by atoms with Gasteiger partial charge in [0.15, 0.2) is 23.1 Å². The molecule has 194 valence electrons. The molecule has 10 heteroatoms. The number of nitrogens with zero attached hydrogens (tertiary/aromatic N) is 5. The Bertz CT molecular complexity index is 1450.